The van der Waals surface area contributed by atoms with Gasteiger partial charge in [0.25, 0.3) is 17.3 Å². The molecule has 0 aliphatic heterocycles. The molecule has 10 N–H and O–H groups in total. The minimum atomic E-state index is -1.19. The summed E-state index contributed by atoms with van der Waals surface area (Å²) in [6.45, 7) is 15.8. The number of thiazole rings is 2. The SMILES string of the molecule is CN(C)c1ccc2nc(C=O)sc2c1.NCc1ccc(COc2nc(N)nc3nc[nH]c23)cc1.[C-]#[N+]/C(=C\c1cc2ccc(N(C)C)cc2s1)C(=O)O.[C-]#[N+]/C(=C\c1nc2ccc(N(C)C)cc2s1)C(=O)NCc1ccc(COc2nc(N)nc3nc[nH]c23)cc1. The van der Waals surface area contributed by atoms with Gasteiger partial charge in [-0.15, -0.1) is 34.0 Å². The van der Waals surface area contributed by atoms with Crippen molar-refractivity contribution in [2.24, 2.45) is 5.73 Å². The molecule has 7 heterocycles. The maximum absolute atomic E-state index is 12.7. The first-order valence-corrected chi connectivity index (χ1v) is 29.9. The summed E-state index contributed by atoms with van der Waals surface area (Å²) in [7, 11) is 11.9. The fraction of sp³-hybridized carbons (Fsp3) is 0.159. The number of aromatic amines is 2. The van der Waals surface area contributed by atoms with Crippen LogP contribution in [0.4, 0.5) is 29.0 Å². The molecule has 1 amide bonds. The highest BCUT2D eigenvalue weighted by Crippen LogP contribution is 2.32. The van der Waals surface area contributed by atoms with Crippen LogP contribution < -0.4 is 46.7 Å². The van der Waals surface area contributed by atoms with Gasteiger partial charge in [0, 0.05) is 82.0 Å². The third-order valence-corrected chi connectivity index (χ3v) is 16.2. The summed E-state index contributed by atoms with van der Waals surface area (Å²) in [6, 6.07) is 35.3. The van der Waals surface area contributed by atoms with Crippen LogP contribution in [0.3, 0.4) is 0 Å². The third kappa shape index (κ3) is 16.6. The van der Waals surface area contributed by atoms with E-state index in [1.165, 1.54) is 58.8 Å². The summed E-state index contributed by atoms with van der Waals surface area (Å²) in [6.07, 6.45) is 6.76. The van der Waals surface area contributed by atoms with Gasteiger partial charge in [0.2, 0.25) is 23.7 Å². The lowest BCUT2D eigenvalue weighted by molar-refractivity contribution is -0.132. The molecule has 0 aliphatic carbocycles. The number of anilines is 5. The van der Waals surface area contributed by atoms with Gasteiger partial charge in [-0.2, -0.15) is 19.9 Å². The predicted molar refractivity (Wildman–Crippen MR) is 360 cm³/mol. The minimum Gasteiger partial charge on any atom is -0.486 e. The standard InChI is InChI=1S/C26H23N9O2S.C14H12N2O2S.C13H14N6O.C10H10N2OS/c1-28-19(11-21-32-18-9-8-17(35(2)3)10-20(18)38-21)24(36)29-12-15-4-6-16(7-5-15)13-37-25-22-23(31-14-30-22)33-26(27)34-25;1-15-12(14(17)18)8-11-6-9-4-5-10(16(2)3)7-13(9)19-11;14-5-8-1-3-9(4-2-8)6-20-12-10-11(17-7-16-10)18-13(15)19-12;1-12(2)7-3-4-8-9(5-7)14-10(6-13)11-8/h4-11,14H,12-13H2,2-3H3,(H,29,36)(H3,27,30,31,33,34);4-8H,2-3H3,(H,17,18);1-4,7H,5-6,14H2,(H3,15,16,17,18,19);3-6H,1-2H3/b19-11-;12-8-;;. The van der Waals surface area contributed by atoms with Crippen molar-refractivity contribution in [2.45, 2.75) is 26.3 Å². The molecule has 5 aromatic carbocycles. The van der Waals surface area contributed by atoms with Gasteiger partial charge in [-0.1, -0.05) is 54.6 Å². The Balaban J connectivity index is 0.000000156. The molecule has 0 spiro atoms. The van der Waals surface area contributed by atoms with E-state index in [-0.39, 0.29) is 36.4 Å². The van der Waals surface area contributed by atoms with Crippen molar-refractivity contribution in [3.8, 4) is 11.8 Å². The molecule has 28 heteroatoms. The number of aromatic nitrogens is 10. The number of imidazole rings is 2. The Bertz CT molecular complexity index is 4730. The Morgan fingerprint density at radius 1 is 0.593 bits per heavy atom. The molecule has 0 saturated heterocycles. The molecule has 0 bridgehead atoms. The number of aliphatic carboxylic acids is 1. The molecule has 460 valence electrons. The van der Waals surface area contributed by atoms with Crippen molar-refractivity contribution in [3.63, 3.8) is 0 Å². The topological polar surface area (TPSA) is 333 Å². The van der Waals surface area contributed by atoms with Crippen LogP contribution in [-0.2, 0) is 35.9 Å². The zero-order valence-electron chi connectivity index (χ0n) is 49.9. The summed E-state index contributed by atoms with van der Waals surface area (Å²) in [5.74, 6) is -0.704. The fourth-order valence-electron chi connectivity index (χ4n) is 8.42. The maximum atomic E-state index is 12.7. The molecule has 25 nitrogen and oxygen atoms in total. The predicted octanol–water partition coefficient (Wildman–Crippen LogP) is 10.2. The van der Waals surface area contributed by atoms with E-state index in [4.69, 9.17) is 44.9 Å². The number of aldehydes is 1. The second-order valence-electron chi connectivity index (χ2n) is 20.2. The van der Waals surface area contributed by atoms with Crippen LogP contribution >= 0.6 is 34.0 Å². The molecule has 0 aliphatic rings. The van der Waals surface area contributed by atoms with Crippen LogP contribution in [0.1, 0.15) is 41.9 Å². The quantitative estimate of drug-likeness (QED) is 0.0253. The van der Waals surface area contributed by atoms with Gasteiger partial charge in [0.15, 0.2) is 22.6 Å². The Kier molecular flexibility index (Phi) is 20.8. The number of ether oxygens (including phenoxy) is 2. The van der Waals surface area contributed by atoms with E-state index in [2.05, 4.69) is 70.9 Å². The van der Waals surface area contributed by atoms with Gasteiger partial charge in [-0.05, 0) is 94.4 Å². The van der Waals surface area contributed by atoms with E-state index in [1.807, 2.05) is 160 Å². The second kappa shape index (κ2) is 29.5. The molecular weight excluding hydrogens is 1220 g/mol. The van der Waals surface area contributed by atoms with E-state index in [0.717, 1.165) is 81.0 Å². The Labute approximate surface area is 532 Å². The highest BCUT2D eigenvalue weighted by Gasteiger charge is 2.16. The largest absolute Gasteiger partial charge is 0.486 e. The summed E-state index contributed by atoms with van der Waals surface area (Å²) >= 11 is 4.34. The number of H-pyrrole nitrogens is 2. The number of nitrogens with one attached hydrogen (secondary N) is 3. The fourth-order valence-corrected chi connectivity index (χ4v) is 11.2. The normalized spacial score (nSPS) is 11.1. The lowest BCUT2D eigenvalue weighted by Crippen LogP contribution is -2.23. The lowest BCUT2D eigenvalue weighted by Gasteiger charge is -2.11. The lowest BCUT2D eigenvalue weighted by atomic mass is 10.1. The number of fused-ring (bicyclic) bond motifs is 5. The second-order valence-corrected chi connectivity index (χ2v) is 23.5. The summed E-state index contributed by atoms with van der Waals surface area (Å²) in [5.41, 5.74) is 27.6. The maximum Gasteiger partial charge on any atom is 0.333 e. The van der Waals surface area contributed by atoms with Crippen molar-refractivity contribution in [3.05, 3.63) is 193 Å². The molecule has 12 aromatic rings. The first kappa shape index (κ1) is 64.1. The molecule has 0 atom stereocenters. The van der Waals surface area contributed by atoms with E-state index >= 15 is 0 Å². The van der Waals surface area contributed by atoms with Crippen molar-refractivity contribution >= 4 is 146 Å². The first-order valence-electron chi connectivity index (χ1n) is 27.4. The molecule has 91 heavy (non-hydrogen) atoms. The number of carboxylic acids is 1. The number of carbonyl (C=O) groups excluding carboxylic acids is 2. The van der Waals surface area contributed by atoms with Gasteiger partial charge < -0.3 is 61.8 Å². The zero-order chi connectivity index (χ0) is 64.7. The number of carbonyl (C=O) groups is 3. The number of nitrogen functional groups attached to an aromatic ring is 2. The summed E-state index contributed by atoms with van der Waals surface area (Å²) < 4.78 is 14.6. The minimum absolute atomic E-state index is 0.0174. The molecule has 7 aromatic heterocycles. The Morgan fingerprint density at radius 2 is 1.07 bits per heavy atom. The molecule has 0 saturated carbocycles. The van der Waals surface area contributed by atoms with Crippen molar-refractivity contribution < 1.29 is 29.0 Å². The average Bonchev–Trinajstić information content (AvgIpc) is 2.53. The van der Waals surface area contributed by atoms with Gasteiger partial charge >= 0.3 is 5.97 Å². The number of benzene rings is 5. The zero-order valence-corrected chi connectivity index (χ0v) is 52.3. The van der Waals surface area contributed by atoms with Gasteiger partial charge in [0.1, 0.15) is 29.3 Å². The van der Waals surface area contributed by atoms with Crippen molar-refractivity contribution in [1.82, 2.24) is 55.2 Å². The first-order chi connectivity index (χ1) is 43.9. The van der Waals surface area contributed by atoms with E-state index < -0.39 is 11.9 Å². The molecule has 0 unspecified atom stereocenters. The Hall–Kier alpha value is -11.4. The Morgan fingerprint density at radius 3 is 1.55 bits per heavy atom. The highest BCUT2D eigenvalue weighted by atomic mass is 32.1. The molecule has 0 radical (unpaired) electrons. The number of thiophene rings is 1. The number of amides is 1. The number of nitrogens with zero attached hydrogens (tertiary/aromatic N) is 13. The van der Waals surface area contributed by atoms with Crippen LogP contribution in [0.5, 0.6) is 11.8 Å². The van der Waals surface area contributed by atoms with Crippen LogP contribution in [0.15, 0.2) is 133 Å². The smallest absolute Gasteiger partial charge is 0.333 e. The third-order valence-electron chi connectivity index (χ3n) is 13.2. The number of rotatable bonds is 17. The van der Waals surface area contributed by atoms with E-state index in [1.54, 1.807) is 0 Å². The van der Waals surface area contributed by atoms with Gasteiger partial charge in [-0.25, -0.2) is 29.6 Å². The van der Waals surface area contributed by atoms with E-state index in [9.17, 15) is 14.4 Å². The summed E-state index contributed by atoms with van der Waals surface area (Å²) in [4.78, 5) is 86.2. The number of carboxylic acid groups (broad SMARTS) is 1. The van der Waals surface area contributed by atoms with Crippen molar-refractivity contribution in [1.29, 1.82) is 0 Å². The number of nitrogens with two attached hydrogens (primary N) is 3. The van der Waals surface area contributed by atoms with Crippen LogP contribution in [-0.4, -0.2) is 115 Å². The molecule has 0 fully saturated rings. The number of hydrogen-bond donors (Lipinski definition) is 7. The molecule has 12 rings (SSSR count). The van der Waals surface area contributed by atoms with Crippen LogP contribution in [0, 0.1) is 13.1 Å². The number of hydrogen-bond acceptors (Lipinski definition) is 22. The van der Waals surface area contributed by atoms with E-state index in [0.29, 0.717) is 57.3 Å². The summed E-state index contributed by atoms with van der Waals surface area (Å²) in [5, 5.41) is 13.8. The van der Waals surface area contributed by atoms with Crippen molar-refractivity contribution in [2.75, 3.05) is 68.5 Å². The van der Waals surface area contributed by atoms with Gasteiger partial charge in [-0.3, -0.25) is 14.4 Å². The van der Waals surface area contributed by atoms with Gasteiger partial charge in [0.05, 0.1) is 46.2 Å². The van der Waals surface area contributed by atoms with Crippen LogP contribution in [0.25, 0.3) is 74.7 Å². The molecular formula is C63H59N19O6S3. The highest BCUT2D eigenvalue weighted by molar-refractivity contribution is 7.20. The monoisotopic (exact) mass is 1270 g/mol. The average molecular weight is 1270 g/mol. The van der Waals surface area contributed by atoms with Crippen LogP contribution in [0.2, 0.25) is 0 Å².